The summed E-state index contributed by atoms with van der Waals surface area (Å²) in [5.74, 6) is 1.15. The molecule has 0 aliphatic carbocycles. The molecule has 0 spiro atoms. The zero-order valence-electron chi connectivity index (χ0n) is 18.4. The molecule has 0 radical (unpaired) electrons. The first kappa shape index (κ1) is 21.4. The summed E-state index contributed by atoms with van der Waals surface area (Å²) in [6, 6.07) is 20.2. The van der Waals surface area contributed by atoms with Crippen LogP contribution in [0.15, 0.2) is 66.7 Å². The highest BCUT2D eigenvalue weighted by atomic mass is 16.5. The van der Waals surface area contributed by atoms with E-state index in [1.54, 1.807) is 36.4 Å². The van der Waals surface area contributed by atoms with Crippen molar-refractivity contribution < 1.29 is 19.1 Å². The second-order valence-corrected chi connectivity index (χ2v) is 8.48. The number of benzene rings is 3. The van der Waals surface area contributed by atoms with Gasteiger partial charge < -0.3 is 20.1 Å². The van der Waals surface area contributed by atoms with Crippen molar-refractivity contribution in [3.05, 3.63) is 83.4 Å². The lowest BCUT2D eigenvalue weighted by Gasteiger charge is -2.18. The predicted molar refractivity (Wildman–Crippen MR) is 124 cm³/mol. The van der Waals surface area contributed by atoms with Crippen molar-refractivity contribution in [2.75, 3.05) is 10.6 Å². The van der Waals surface area contributed by atoms with Crippen LogP contribution >= 0.6 is 0 Å². The average molecular weight is 431 g/mol. The van der Waals surface area contributed by atoms with Gasteiger partial charge in [-0.3, -0.25) is 9.59 Å². The van der Waals surface area contributed by atoms with Gasteiger partial charge in [0, 0.05) is 35.8 Å². The Bertz CT molecular complexity index is 1150. The molecule has 0 aromatic heterocycles. The Morgan fingerprint density at radius 2 is 1.66 bits per heavy atom. The first-order valence-corrected chi connectivity index (χ1v) is 10.5. The monoisotopic (exact) mass is 430 g/mol. The number of amides is 2. The lowest BCUT2D eigenvalue weighted by molar-refractivity contribution is -0.114. The molecule has 32 heavy (non-hydrogen) atoms. The molecule has 2 amide bonds. The molecule has 0 unspecified atom stereocenters. The number of hydrogen-bond acceptors (Lipinski definition) is 4. The van der Waals surface area contributed by atoms with Gasteiger partial charge in [-0.25, -0.2) is 0 Å². The zero-order valence-corrected chi connectivity index (χ0v) is 18.4. The van der Waals surface area contributed by atoms with Crippen molar-refractivity contribution in [1.29, 1.82) is 0 Å². The maximum absolute atomic E-state index is 12.6. The van der Waals surface area contributed by atoms with Crippen LogP contribution in [0.5, 0.6) is 11.5 Å². The third kappa shape index (κ3) is 5.09. The molecule has 1 heterocycles. The minimum atomic E-state index is -0.228. The highest BCUT2D eigenvalue weighted by molar-refractivity contribution is 6.04. The zero-order chi connectivity index (χ0) is 22.7. The predicted octanol–water partition coefficient (Wildman–Crippen LogP) is 5.19. The van der Waals surface area contributed by atoms with Crippen LogP contribution in [-0.2, 0) is 17.8 Å². The quantitative estimate of drug-likeness (QED) is 0.564. The number of rotatable bonds is 6. The van der Waals surface area contributed by atoms with Gasteiger partial charge in [0.25, 0.3) is 5.91 Å². The maximum atomic E-state index is 12.6. The Hall–Kier alpha value is -3.80. The second-order valence-electron chi connectivity index (χ2n) is 8.48. The highest BCUT2D eigenvalue weighted by Crippen LogP contribution is 2.41. The van der Waals surface area contributed by atoms with E-state index in [-0.39, 0.29) is 17.4 Å². The molecule has 0 bridgehead atoms. The Morgan fingerprint density at radius 3 is 2.38 bits per heavy atom. The molecule has 0 fully saturated rings. The van der Waals surface area contributed by atoms with Crippen LogP contribution in [0.1, 0.15) is 42.3 Å². The number of anilines is 2. The third-order valence-electron chi connectivity index (χ3n) is 5.11. The van der Waals surface area contributed by atoms with E-state index in [2.05, 4.69) is 30.5 Å². The lowest BCUT2D eigenvalue weighted by Crippen LogP contribution is -2.24. The largest absolute Gasteiger partial charge is 0.485 e. The van der Waals surface area contributed by atoms with E-state index in [0.29, 0.717) is 23.5 Å². The molecule has 2 N–H and O–H groups in total. The van der Waals surface area contributed by atoms with Gasteiger partial charge >= 0.3 is 0 Å². The standard InChI is InChI=1S/C26H26N2O4/c1-17(29)27-21-7-5-8-22(14-21)28-25(30)19-12-10-18(11-13-19)16-31-23-9-4-6-20-15-26(2,3)32-24(20)23/h4-14H,15-16H2,1-3H3,(H,27,29)(H,28,30). The summed E-state index contributed by atoms with van der Waals surface area (Å²) in [6.07, 6.45) is 0.858. The van der Waals surface area contributed by atoms with Crippen LogP contribution < -0.4 is 20.1 Å². The van der Waals surface area contributed by atoms with Gasteiger partial charge in [-0.2, -0.15) is 0 Å². The summed E-state index contributed by atoms with van der Waals surface area (Å²) in [7, 11) is 0. The van der Waals surface area contributed by atoms with Gasteiger partial charge in [-0.1, -0.05) is 30.3 Å². The van der Waals surface area contributed by atoms with Gasteiger partial charge in [-0.05, 0) is 55.8 Å². The summed E-state index contributed by atoms with van der Waals surface area (Å²) in [4.78, 5) is 23.8. The summed E-state index contributed by atoms with van der Waals surface area (Å²) >= 11 is 0. The average Bonchev–Trinajstić information content (AvgIpc) is 3.06. The first-order valence-electron chi connectivity index (χ1n) is 10.5. The fourth-order valence-corrected chi connectivity index (χ4v) is 3.70. The Labute approximate surface area is 187 Å². The SMILES string of the molecule is CC(=O)Nc1cccc(NC(=O)c2ccc(COc3cccc4c3OC(C)(C)C4)cc2)c1. The number of nitrogens with one attached hydrogen (secondary N) is 2. The summed E-state index contributed by atoms with van der Waals surface area (Å²) in [5, 5.41) is 5.55. The van der Waals surface area contributed by atoms with E-state index in [9.17, 15) is 9.59 Å². The molecule has 0 atom stereocenters. The number of carbonyl (C=O) groups is 2. The first-order chi connectivity index (χ1) is 15.3. The molecule has 6 nitrogen and oxygen atoms in total. The van der Waals surface area contributed by atoms with E-state index in [1.807, 2.05) is 24.3 Å². The van der Waals surface area contributed by atoms with E-state index in [1.165, 1.54) is 6.92 Å². The summed E-state index contributed by atoms with van der Waals surface area (Å²) in [6.45, 7) is 5.95. The molecule has 3 aromatic rings. The van der Waals surface area contributed by atoms with Gasteiger partial charge in [0.15, 0.2) is 11.5 Å². The van der Waals surface area contributed by atoms with Crippen molar-refractivity contribution in [2.24, 2.45) is 0 Å². The van der Waals surface area contributed by atoms with Gasteiger partial charge in [0.1, 0.15) is 12.2 Å². The molecule has 4 rings (SSSR count). The molecule has 3 aromatic carbocycles. The van der Waals surface area contributed by atoms with E-state index in [4.69, 9.17) is 9.47 Å². The number of ether oxygens (including phenoxy) is 2. The topological polar surface area (TPSA) is 76.7 Å². The molecule has 1 aliphatic rings. The number of para-hydroxylation sites is 1. The third-order valence-corrected chi connectivity index (χ3v) is 5.11. The van der Waals surface area contributed by atoms with Gasteiger partial charge in [-0.15, -0.1) is 0 Å². The van der Waals surface area contributed by atoms with E-state index < -0.39 is 0 Å². The highest BCUT2D eigenvalue weighted by Gasteiger charge is 2.32. The number of carbonyl (C=O) groups excluding carboxylic acids is 2. The smallest absolute Gasteiger partial charge is 0.255 e. The van der Waals surface area contributed by atoms with Crippen LogP contribution in [-0.4, -0.2) is 17.4 Å². The normalized spacial score (nSPS) is 13.6. The Kier molecular flexibility index (Phi) is 5.86. The van der Waals surface area contributed by atoms with Crippen LogP contribution in [0.25, 0.3) is 0 Å². The van der Waals surface area contributed by atoms with E-state index in [0.717, 1.165) is 29.0 Å². The summed E-state index contributed by atoms with van der Waals surface area (Å²) in [5.41, 5.74) is 3.64. The van der Waals surface area contributed by atoms with Gasteiger partial charge in [0.05, 0.1) is 0 Å². The molecule has 0 saturated heterocycles. The van der Waals surface area contributed by atoms with Crippen LogP contribution in [0, 0.1) is 0 Å². The molecule has 164 valence electrons. The fourth-order valence-electron chi connectivity index (χ4n) is 3.70. The van der Waals surface area contributed by atoms with Crippen molar-refractivity contribution in [3.8, 4) is 11.5 Å². The Morgan fingerprint density at radius 1 is 0.969 bits per heavy atom. The minimum absolute atomic E-state index is 0.165. The minimum Gasteiger partial charge on any atom is -0.485 e. The summed E-state index contributed by atoms with van der Waals surface area (Å²) < 4.78 is 12.1. The van der Waals surface area contributed by atoms with Crippen molar-refractivity contribution in [3.63, 3.8) is 0 Å². The molecular formula is C26H26N2O4. The van der Waals surface area contributed by atoms with Crippen LogP contribution in [0.3, 0.4) is 0 Å². The molecule has 6 heteroatoms. The molecule has 1 aliphatic heterocycles. The van der Waals surface area contributed by atoms with Gasteiger partial charge in [0.2, 0.25) is 5.91 Å². The second kappa shape index (κ2) is 8.75. The molecule has 0 saturated carbocycles. The lowest BCUT2D eigenvalue weighted by atomic mass is 10.0. The number of fused-ring (bicyclic) bond motifs is 1. The van der Waals surface area contributed by atoms with Crippen LogP contribution in [0.2, 0.25) is 0 Å². The van der Waals surface area contributed by atoms with Crippen molar-refractivity contribution in [1.82, 2.24) is 0 Å². The maximum Gasteiger partial charge on any atom is 0.255 e. The number of hydrogen-bond donors (Lipinski definition) is 2. The molecular weight excluding hydrogens is 404 g/mol. The van der Waals surface area contributed by atoms with Crippen molar-refractivity contribution >= 4 is 23.2 Å². The Balaban J connectivity index is 1.38. The van der Waals surface area contributed by atoms with Crippen molar-refractivity contribution in [2.45, 2.75) is 39.4 Å². The van der Waals surface area contributed by atoms with Crippen LogP contribution in [0.4, 0.5) is 11.4 Å². The van der Waals surface area contributed by atoms with E-state index >= 15 is 0 Å². The fraction of sp³-hybridized carbons (Fsp3) is 0.231.